The summed E-state index contributed by atoms with van der Waals surface area (Å²) in [5, 5.41) is 5.20. The highest BCUT2D eigenvalue weighted by molar-refractivity contribution is 6.30. The second-order valence-electron chi connectivity index (χ2n) is 7.20. The first kappa shape index (κ1) is 20.9. The summed E-state index contributed by atoms with van der Waals surface area (Å²) in [6.45, 7) is 4.19. The molecular weight excluding hydrogens is 416 g/mol. The molecule has 0 bridgehead atoms. The minimum absolute atomic E-state index is 0.0775. The average molecular weight is 437 g/mol. The van der Waals surface area contributed by atoms with E-state index in [4.69, 9.17) is 25.6 Å². The van der Waals surface area contributed by atoms with Crippen molar-refractivity contribution in [2.24, 2.45) is 0 Å². The number of halogens is 1. The van der Waals surface area contributed by atoms with Crippen LogP contribution in [0.3, 0.4) is 0 Å². The zero-order valence-corrected chi connectivity index (χ0v) is 18.0. The molecule has 158 valence electrons. The lowest BCUT2D eigenvalue weighted by molar-refractivity contribution is -0.144. The van der Waals surface area contributed by atoms with E-state index in [0.717, 1.165) is 33.5 Å². The standard InChI is InChI=1S/C24H21ClN2O4/c1-15-21(16(2)31-27-15)14-29-20-9-7-17(8-10-20)11-23(28)30-13-19-12-18-5-3-4-6-22(18)26-24(19)25/h3-10,12H,11,13-14H2,1-2H3. The number of esters is 1. The van der Waals surface area contributed by atoms with E-state index in [-0.39, 0.29) is 19.0 Å². The van der Waals surface area contributed by atoms with Gasteiger partial charge in [-0.05, 0) is 43.7 Å². The Balaban J connectivity index is 1.31. The number of para-hydroxylation sites is 1. The first-order valence-electron chi connectivity index (χ1n) is 9.83. The van der Waals surface area contributed by atoms with E-state index >= 15 is 0 Å². The van der Waals surface area contributed by atoms with Crippen LogP contribution in [0, 0.1) is 13.8 Å². The second kappa shape index (κ2) is 9.18. The number of benzene rings is 2. The van der Waals surface area contributed by atoms with Gasteiger partial charge >= 0.3 is 5.97 Å². The third kappa shape index (κ3) is 5.03. The molecule has 0 spiro atoms. The van der Waals surface area contributed by atoms with Gasteiger partial charge in [0.2, 0.25) is 0 Å². The van der Waals surface area contributed by atoms with Crippen LogP contribution < -0.4 is 4.74 Å². The fourth-order valence-electron chi connectivity index (χ4n) is 3.18. The lowest BCUT2D eigenvalue weighted by Crippen LogP contribution is -2.08. The Bertz CT molecular complexity index is 1200. The summed E-state index contributed by atoms with van der Waals surface area (Å²) in [5.74, 6) is 1.11. The Morgan fingerprint density at radius 3 is 2.58 bits per heavy atom. The predicted molar refractivity (Wildman–Crippen MR) is 117 cm³/mol. The summed E-state index contributed by atoms with van der Waals surface area (Å²) >= 11 is 6.22. The monoisotopic (exact) mass is 436 g/mol. The molecule has 0 N–H and O–H groups in total. The van der Waals surface area contributed by atoms with Gasteiger partial charge in [0, 0.05) is 10.9 Å². The van der Waals surface area contributed by atoms with Gasteiger partial charge in [0.15, 0.2) is 0 Å². The van der Waals surface area contributed by atoms with E-state index in [1.54, 1.807) is 0 Å². The SMILES string of the molecule is Cc1noc(C)c1COc1ccc(CC(=O)OCc2cc3ccccc3nc2Cl)cc1. The number of hydrogen-bond acceptors (Lipinski definition) is 6. The van der Waals surface area contributed by atoms with Crippen LogP contribution in [0.2, 0.25) is 5.15 Å². The van der Waals surface area contributed by atoms with E-state index < -0.39 is 0 Å². The van der Waals surface area contributed by atoms with Crippen LogP contribution in [0.25, 0.3) is 10.9 Å². The summed E-state index contributed by atoms with van der Waals surface area (Å²) in [7, 11) is 0. The third-order valence-electron chi connectivity index (χ3n) is 4.97. The maximum atomic E-state index is 12.3. The number of fused-ring (bicyclic) bond motifs is 1. The first-order chi connectivity index (χ1) is 15.0. The van der Waals surface area contributed by atoms with Crippen LogP contribution in [0.5, 0.6) is 5.75 Å². The molecule has 2 aromatic heterocycles. The molecule has 0 radical (unpaired) electrons. The lowest BCUT2D eigenvalue weighted by Gasteiger charge is -2.09. The van der Waals surface area contributed by atoms with E-state index in [2.05, 4.69) is 10.1 Å². The largest absolute Gasteiger partial charge is 0.489 e. The van der Waals surface area contributed by atoms with Crippen molar-refractivity contribution in [1.82, 2.24) is 10.1 Å². The highest BCUT2D eigenvalue weighted by Gasteiger charge is 2.11. The zero-order chi connectivity index (χ0) is 21.8. The molecule has 2 aromatic carbocycles. The first-order valence-corrected chi connectivity index (χ1v) is 10.2. The van der Waals surface area contributed by atoms with Crippen molar-refractivity contribution in [3.8, 4) is 5.75 Å². The highest BCUT2D eigenvalue weighted by atomic mass is 35.5. The molecule has 7 heteroatoms. The number of rotatable bonds is 7. The van der Waals surface area contributed by atoms with Crippen molar-refractivity contribution in [3.05, 3.63) is 87.9 Å². The number of hydrogen-bond donors (Lipinski definition) is 0. The van der Waals surface area contributed by atoms with Gasteiger partial charge in [0.05, 0.1) is 23.2 Å². The topological polar surface area (TPSA) is 74.5 Å². The Kier molecular flexibility index (Phi) is 6.18. The van der Waals surface area contributed by atoms with Gasteiger partial charge in [0.25, 0.3) is 0 Å². The molecule has 4 aromatic rings. The van der Waals surface area contributed by atoms with Gasteiger partial charge in [-0.2, -0.15) is 0 Å². The van der Waals surface area contributed by atoms with E-state index in [1.165, 1.54) is 0 Å². The maximum Gasteiger partial charge on any atom is 0.310 e. The number of nitrogens with zero attached hydrogens (tertiary/aromatic N) is 2. The molecule has 0 unspecified atom stereocenters. The summed E-state index contributed by atoms with van der Waals surface area (Å²) in [4.78, 5) is 16.6. The van der Waals surface area contributed by atoms with Crippen LogP contribution in [-0.2, 0) is 29.2 Å². The minimum atomic E-state index is -0.339. The van der Waals surface area contributed by atoms with Gasteiger partial charge in [-0.1, -0.05) is 47.1 Å². The molecule has 31 heavy (non-hydrogen) atoms. The molecule has 0 aliphatic heterocycles. The van der Waals surface area contributed by atoms with Crippen molar-refractivity contribution >= 4 is 28.5 Å². The second-order valence-corrected chi connectivity index (χ2v) is 7.56. The van der Waals surface area contributed by atoms with Gasteiger partial charge in [-0.25, -0.2) is 4.98 Å². The molecule has 0 saturated heterocycles. The average Bonchev–Trinajstić information content (AvgIpc) is 3.09. The molecule has 0 aliphatic rings. The summed E-state index contributed by atoms with van der Waals surface area (Å²) in [6.07, 6.45) is 0.156. The number of pyridine rings is 1. The summed E-state index contributed by atoms with van der Waals surface area (Å²) < 4.78 is 16.3. The van der Waals surface area contributed by atoms with Crippen molar-refractivity contribution in [2.75, 3.05) is 0 Å². The molecule has 0 atom stereocenters. The van der Waals surface area contributed by atoms with Crippen molar-refractivity contribution in [2.45, 2.75) is 33.5 Å². The van der Waals surface area contributed by atoms with Crippen LogP contribution in [0.15, 0.2) is 59.1 Å². The lowest BCUT2D eigenvalue weighted by atomic mass is 10.1. The smallest absolute Gasteiger partial charge is 0.310 e. The molecule has 2 heterocycles. The molecular formula is C24H21ClN2O4. The Morgan fingerprint density at radius 1 is 1.06 bits per heavy atom. The fourth-order valence-corrected chi connectivity index (χ4v) is 3.38. The fraction of sp³-hybridized carbons (Fsp3) is 0.208. The molecule has 0 aliphatic carbocycles. The van der Waals surface area contributed by atoms with E-state index in [0.29, 0.717) is 23.1 Å². The van der Waals surface area contributed by atoms with Gasteiger partial charge in [-0.15, -0.1) is 0 Å². The number of ether oxygens (including phenoxy) is 2. The van der Waals surface area contributed by atoms with Crippen LogP contribution in [0.4, 0.5) is 0 Å². The normalized spacial score (nSPS) is 10.9. The number of carbonyl (C=O) groups is 1. The van der Waals surface area contributed by atoms with E-state index in [1.807, 2.05) is 68.4 Å². The van der Waals surface area contributed by atoms with Crippen molar-refractivity contribution in [3.63, 3.8) is 0 Å². The van der Waals surface area contributed by atoms with Crippen LogP contribution in [0.1, 0.15) is 28.1 Å². The third-order valence-corrected chi connectivity index (χ3v) is 5.30. The Labute approximate surface area is 184 Å². The van der Waals surface area contributed by atoms with Gasteiger partial charge in [0.1, 0.15) is 29.9 Å². The molecule has 0 saturated carbocycles. The number of aryl methyl sites for hydroxylation is 2. The molecule has 4 rings (SSSR count). The highest BCUT2D eigenvalue weighted by Crippen LogP contribution is 2.22. The zero-order valence-electron chi connectivity index (χ0n) is 17.2. The predicted octanol–water partition coefficient (Wildman–Crippen LogP) is 5.36. The Hall–Kier alpha value is -3.38. The minimum Gasteiger partial charge on any atom is -0.489 e. The summed E-state index contributed by atoms with van der Waals surface area (Å²) in [5.41, 5.74) is 4.07. The van der Waals surface area contributed by atoms with Crippen molar-refractivity contribution < 1.29 is 18.8 Å². The number of aromatic nitrogens is 2. The Morgan fingerprint density at radius 2 is 1.84 bits per heavy atom. The molecule has 0 amide bonds. The molecule has 0 fully saturated rings. The summed E-state index contributed by atoms with van der Waals surface area (Å²) in [6, 6.07) is 16.9. The van der Waals surface area contributed by atoms with Gasteiger partial charge < -0.3 is 14.0 Å². The van der Waals surface area contributed by atoms with Gasteiger partial charge in [-0.3, -0.25) is 4.79 Å². The number of carbonyl (C=O) groups excluding carboxylic acids is 1. The van der Waals surface area contributed by atoms with Crippen LogP contribution in [-0.4, -0.2) is 16.1 Å². The van der Waals surface area contributed by atoms with Crippen LogP contribution >= 0.6 is 11.6 Å². The van der Waals surface area contributed by atoms with E-state index in [9.17, 15) is 4.79 Å². The van der Waals surface area contributed by atoms with Crippen molar-refractivity contribution in [1.29, 1.82) is 0 Å². The molecule has 6 nitrogen and oxygen atoms in total. The maximum absolute atomic E-state index is 12.3. The quantitative estimate of drug-likeness (QED) is 0.287.